The summed E-state index contributed by atoms with van der Waals surface area (Å²) >= 11 is 0. The van der Waals surface area contributed by atoms with Crippen LogP contribution >= 0.6 is 0 Å². The summed E-state index contributed by atoms with van der Waals surface area (Å²) in [7, 11) is -2.91. The zero-order chi connectivity index (χ0) is 12.3. The molecule has 1 rings (SSSR count). The molecule has 0 radical (unpaired) electrons. The monoisotopic (exact) mass is 248 g/mol. The summed E-state index contributed by atoms with van der Waals surface area (Å²) in [5.41, 5.74) is 5.64. The fourth-order valence-corrected chi connectivity index (χ4v) is 3.14. The fourth-order valence-electron chi connectivity index (χ4n) is 2.18. The van der Waals surface area contributed by atoms with E-state index in [9.17, 15) is 8.42 Å². The molecule has 1 aliphatic rings. The zero-order valence-electron chi connectivity index (χ0n) is 10.5. The zero-order valence-corrected chi connectivity index (χ0v) is 11.3. The van der Waals surface area contributed by atoms with E-state index >= 15 is 0 Å². The molecule has 96 valence electrons. The van der Waals surface area contributed by atoms with Gasteiger partial charge < -0.3 is 5.73 Å². The van der Waals surface area contributed by atoms with Gasteiger partial charge in [0.25, 0.3) is 0 Å². The van der Waals surface area contributed by atoms with Crippen LogP contribution in [0.3, 0.4) is 0 Å². The van der Waals surface area contributed by atoms with Gasteiger partial charge in [0.1, 0.15) is 0 Å². The first-order valence-electron chi connectivity index (χ1n) is 6.02. The lowest BCUT2D eigenvalue weighted by Gasteiger charge is -2.21. The van der Waals surface area contributed by atoms with E-state index in [0.717, 1.165) is 13.0 Å². The van der Waals surface area contributed by atoms with Crippen molar-refractivity contribution in [1.29, 1.82) is 0 Å². The summed E-state index contributed by atoms with van der Waals surface area (Å²) in [6, 6.07) is 0.468. The van der Waals surface area contributed by atoms with Gasteiger partial charge in [-0.15, -0.1) is 0 Å². The largest absolute Gasteiger partial charge is 0.330 e. The van der Waals surface area contributed by atoms with Crippen molar-refractivity contribution >= 4 is 9.84 Å². The molecule has 5 heteroatoms. The lowest BCUT2D eigenvalue weighted by Crippen LogP contribution is -2.34. The van der Waals surface area contributed by atoms with Crippen LogP contribution in [0.15, 0.2) is 0 Å². The van der Waals surface area contributed by atoms with E-state index in [1.807, 2.05) is 0 Å². The van der Waals surface area contributed by atoms with Gasteiger partial charge in [0.05, 0.1) is 11.0 Å². The minimum atomic E-state index is -2.91. The van der Waals surface area contributed by atoms with Crippen LogP contribution in [-0.2, 0) is 9.84 Å². The summed E-state index contributed by atoms with van der Waals surface area (Å²) in [4.78, 5) is 2.25. The van der Waals surface area contributed by atoms with Crippen LogP contribution in [0.25, 0.3) is 0 Å². The highest BCUT2D eigenvalue weighted by atomic mass is 32.2. The Morgan fingerprint density at radius 2 is 2.06 bits per heavy atom. The van der Waals surface area contributed by atoms with E-state index in [4.69, 9.17) is 5.73 Å². The average Bonchev–Trinajstić information content (AvgIpc) is 2.56. The van der Waals surface area contributed by atoms with Gasteiger partial charge >= 0.3 is 0 Å². The van der Waals surface area contributed by atoms with Gasteiger partial charge in [0.15, 0.2) is 9.84 Å². The number of hydrogen-bond donors (Lipinski definition) is 1. The van der Waals surface area contributed by atoms with Gasteiger partial charge in [0, 0.05) is 19.1 Å². The Hall–Kier alpha value is -0.130. The molecule has 1 heterocycles. The molecule has 0 spiro atoms. The maximum absolute atomic E-state index is 11.7. The molecule has 0 saturated carbocycles. The third kappa shape index (κ3) is 3.43. The maximum atomic E-state index is 11.7. The first kappa shape index (κ1) is 13.9. The minimum absolute atomic E-state index is 0.268. The van der Waals surface area contributed by atoms with E-state index in [2.05, 4.69) is 11.8 Å². The van der Waals surface area contributed by atoms with Crippen molar-refractivity contribution < 1.29 is 8.42 Å². The van der Waals surface area contributed by atoms with Crippen molar-refractivity contribution in [2.24, 2.45) is 11.7 Å². The summed E-state index contributed by atoms with van der Waals surface area (Å²) in [5, 5.41) is -0.268. The summed E-state index contributed by atoms with van der Waals surface area (Å²) in [6.07, 6.45) is 1.10. The van der Waals surface area contributed by atoms with E-state index in [-0.39, 0.29) is 11.0 Å². The SMILES string of the molecule is CC1CC(CN)CN1CCS(=O)(=O)C(C)C. The van der Waals surface area contributed by atoms with Crippen LogP contribution in [0.4, 0.5) is 0 Å². The molecular formula is C11H24N2O2S. The number of rotatable bonds is 5. The molecule has 0 aromatic heterocycles. The summed E-state index contributed by atoms with van der Waals surface area (Å²) in [6.45, 7) is 7.94. The van der Waals surface area contributed by atoms with E-state index < -0.39 is 9.84 Å². The van der Waals surface area contributed by atoms with Crippen molar-refractivity contribution in [1.82, 2.24) is 4.90 Å². The standard InChI is InChI=1S/C11H24N2O2S/c1-9(2)16(14,15)5-4-13-8-11(7-12)6-10(13)3/h9-11H,4-8,12H2,1-3H3. The van der Waals surface area contributed by atoms with Crippen molar-refractivity contribution in [2.45, 2.75) is 38.5 Å². The predicted molar refractivity (Wildman–Crippen MR) is 67.1 cm³/mol. The fraction of sp³-hybridized carbons (Fsp3) is 1.00. The number of hydrogen-bond acceptors (Lipinski definition) is 4. The van der Waals surface area contributed by atoms with Crippen LogP contribution in [-0.4, -0.2) is 50.0 Å². The van der Waals surface area contributed by atoms with E-state index in [0.29, 0.717) is 25.0 Å². The first-order chi connectivity index (χ1) is 7.36. The Bertz CT molecular complexity index is 314. The highest BCUT2D eigenvalue weighted by molar-refractivity contribution is 7.92. The molecule has 2 unspecified atom stereocenters. The third-order valence-corrected chi connectivity index (χ3v) is 5.69. The van der Waals surface area contributed by atoms with Crippen molar-refractivity contribution in [2.75, 3.05) is 25.4 Å². The van der Waals surface area contributed by atoms with Crippen LogP contribution < -0.4 is 5.73 Å². The molecule has 2 N–H and O–H groups in total. The molecule has 16 heavy (non-hydrogen) atoms. The molecule has 1 aliphatic heterocycles. The van der Waals surface area contributed by atoms with E-state index in [1.165, 1.54) is 0 Å². The van der Waals surface area contributed by atoms with Crippen molar-refractivity contribution in [3.63, 3.8) is 0 Å². The van der Waals surface area contributed by atoms with Crippen LogP contribution in [0.5, 0.6) is 0 Å². The molecule has 0 aliphatic carbocycles. The third-order valence-electron chi connectivity index (χ3n) is 3.51. The second-order valence-corrected chi connectivity index (χ2v) is 7.77. The molecular weight excluding hydrogens is 224 g/mol. The molecule has 1 fully saturated rings. The second kappa shape index (κ2) is 5.47. The van der Waals surface area contributed by atoms with Gasteiger partial charge in [-0.2, -0.15) is 0 Å². The lowest BCUT2D eigenvalue weighted by atomic mass is 10.1. The Labute approximate surface area is 99.1 Å². The lowest BCUT2D eigenvalue weighted by molar-refractivity contribution is 0.280. The quantitative estimate of drug-likeness (QED) is 0.768. The Kier molecular flexibility index (Phi) is 4.76. The van der Waals surface area contributed by atoms with Crippen LogP contribution in [0, 0.1) is 5.92 Å². The second-order valence-electron chi connectivity index (χ2n) is 5.10. The average molecular weight is 248 g/mol. The molecule has 0 aromatic rings. The topological polar surface area (TPSA) is 63.4 Å². The Morgan fingerprint density at radius 1 is 1.44 bits per heavy atom. The van der Waals surface area contributed by atoms with Gasteiger partial charge in [-0.1, -0.05) is 0 Å². The number of nitrogens with two attached hydrogens (primary N) is 1. The number of sulfone groups is 1. The smallest absolute Gasteiger partial charge is 0.153 e. The minimum Gasteiger partial charge on any atom is -0.330 e. The highest BCUT2D eigenvalue weighted by Crippen LogP contribution is 2.21. The number of likely N-dealkylation sites (tertiary alicyclic amines) is 1. The van der Waals surface area contributed by atoms with Gasteiger partial charge in [0.2, 0.25) is 0 Å². The highest BCUT2D eigenvalue weighted by Gasteiger charge is 2.29. The van der Waals surface area contributed by atoms with Gasteiger partial charge in [-0.25, -0.2) is 8.42 Å². The molecule has 0 amide bonds. The Morgan fingerprint density at radius 3 is 2.50 bits per heavy atom. The molecule has 0 aromatic carbocycles. The molecule has 4 nitrogen and oxygen atoms in total. The molecule has 0 bridgehead atoms. The predicted octanol–water partition coefficient (Wildman–Crippen LogP) is 0.479. The summed E-state index contributed by atoms with van der Waals surface area (Å²) in [5.74, 6) is 0.809. The molecule has 1 saturated heterocycles. The maximum Gasteiger partial charge on any atom is 0.153 e. The first-order valence-corrected chi connectivity index (χ1v) is 7.74. The van der Waals surface area contributed by atoms with Crippen LogP contribution in [0.2, 0.25) is 0 Å². The Balaban J connectivity index is 2.45. The van der Waals surface area contributed by atoms with Gasteiger partial charge in [-0.3, -0.25) is 4.90 Å². The van der Waals surface area contributed by atoms with Crippen molar-refractivity contribution in [3.8, 4) is 0 Å². The molecule has 2 atom stereocenters. The number of nitrogens with zero attached hydrogens (tertiary/aromatic N) is 1. The van der Waals surface area contributed by atoms with Crippen LogP contribution in [0.1, 0.15) is 27.2 Å². The van der Waals surface area contributed by atoms with Gasteiger partial charge in [-0.05, 0) is 39.7 Å². The normalized spacial score (nSPS) is 27.8. The van der Waals surface area contributed by atoms with Crippen molar-refractivity contribution in [3.05, 3.63) is 0 Å². The van der Waals surface area contributed by atoms with E-state index in [1.54, 1.807) is 13.8 Å². The summed E-state index contributed by atoms with van der Waals surface area (Å²) < 4.78 is 23.4.